The van der Waals surface area contributed by atoms with Gasteiger partial charge in [-0.15, -0.1) is 12.3 Å². The van der Waals surface area contributed by atoms with Crippen LogP contribution < -0.4 is 16.1 Å². The first-order valence-corrected chi connectivity index (χ1v) is 11.7. The van der Waals surface area contributed by atoms with E-state index in [2.05, 4.69) is 16.6 Å². The predicted octanol–water partition coefficient (Wildman–Crippen LogP) is 3.51. The summed E-state index contributed by atoms with van der Waals surface area (Å²) in [7, 11) is 0. The van der Waals surface area contributed by atoms with Crippen molar-refractivity contribution in [3.63, 3.8) is 0 Å². The number of nitrogens with one attached hydrogen (secondary N) is 3. The van der Waals surface area contributed by atoms with Crippen LogP contribution >= 0.6 is 0 Å². The molecule has 0 heterocycles. The van der Waals surface area contributed by atoms with Gasteiger partial charge in [0.2, 0.25) is 11.8 Å². The topological polar surface area (TPSA) is 125 Å². The van der Waals surface area contributed by atoms with Crippen molar-refractivity contribution in [3.05, 3.63) is 101 Å². The molecule has 0 aliphatic heterocycles. The number of anilines is 1. The highest BCUT2D eigenvalue weighted by Crippen LogP contribution is 2.15. The van der Waals surface area contributed by atoms with Gasteiger partial charge in [0.15, 0.2) is 5.78 Å². The number of benzene rings is 3. The molecule has 37 heavy (non-hydrogen) atoms. The maximum atomic E-state index is 13.1. The minimum absolute atomic E-state index is 0.110. The number of unbranched alkanes of at least 4 members (excludes halogenated alkanes) is 1. The van der Waals surface area contributed by atoms with Crippen molar-refractivity contribution in [1.29, 1.82) is 0 Å². The lowest BCUT2D eigenvalue weighted by Gasteiger charge is -2.19. The zero-order chi connectivity index (χ0) is 26.6. The minimum Gasteiger partial charge on any atom is -0.344 e. The van der Waals surface area contributed by atoms with Crippen molar-refractivity contribution in [1.82, 2.24) is 10.8 Å². The average molecular weight is 498 g/mol. The number of terminal acetylenes is 1. The van der Waals surface area contributed by atoms with E-state index in [1.165, 1.54) is 24.3 Å². The summed E-state index contributed by atoms with van der Waals surface area (Å²) in [5, 5.41) is 14.2. The lowest BCUT2D eigenvalue weighted by atomic mass is 9.99. The summed E-state index contributed by atoms with van der Waals surface area (Å²) in [4.78, 5) is 49.7. The molecule has 0 fully saturated rings. The van der Waals surface area contributed by atoms with Crippen LogP contribution in [0.25, 0.3) is 0 Å². The number of hydrogen-bond donors (Lipinski definition) is 4. The molecule has 0 bridgehead atoms. The molecule has 1 atom stereocenters. The van der Waals surface area contributed by atoms with E-state index in [-0.39, 0.29) is 30.1 Å². The second-order valence-electron chi connectivity index (χ2n) is 8.28. The fraction of sp³-hybridized carbons (Fsp3) is 0.172. The number of rotatable bonds is 11. The highest BCUT2D eigenvalue weighted by Gasteiger charge is 2.22. The quantitative estimate of drug-likeness (QED) is 0.106. The van der Waals surface area contributed by atoms with E-state index >= 15 is 0 Å². The van der Waals surface area contributed by atoms with Crippen molar-refractivity contribution < 1.29 is 24.4 Å². The molecule has 0 aliphatic carbocycles. The summed E-state index contributed by atoms with van der Waals surface area (Å²) >= 11 is 0. The third-order valence-electron chi connectivity index (χ3n) is 5.58. The Hall–Kier alpha value is -4.74. The Morgan fingerprint density at radius 3 is 2.08 bits per heavy atom. The largest absolute Gasteiger partial charge is 0.344 e. The van der Waals surface area contributed by atoms with Crippen molar-refractivity contribution in [2.45, 2.75) is 31.7 Å². The second kappa shape index (κ2) is 13.4. The molecule has 3 rings (SSSR count). The second-order valence-corrected chi connectivity index (χ2v) is 8.28. The molecule has 188 valence electrons. The van der Waals surface area contributed by atoms with Crippen LogP contribution in [0.5, 0.6) is 0 Å². The number of carbonyl (C=O) groups excluding carboxylic acids is 4. The Morgan fingerprint density at radius 2 is 1.46 bits per heavy atom. The zero-order valence-electron chi connectivity index (χ0n) is 20.1. The highest BCUT2D eigenvalue weighted by molar-refractivity contribution is 6.09. The highest BCUT2D eigenvalue weighted by atomic mass is 16.5. The molecular weight excluding hydrogens is 470 g/mol. The van der Waals surface area contributed by atoms with E-state index in [1.807, 2.05) is 6.07 Å². The standard InChI is InChI=1S/C29H27N3O5/c1-2-3-5-10-26(33)31-25(29(36)30-24-17-15-23(16-18-24)28(35)32-37)19-20-11-13-22(14-12-20)27(34)21-8-6-4-7-9-21/h1,4,6-9,11-18,25,37H,3,5,10,19H2,(H,30,36)(H,31,33)(H,32,35)/t25-/m0/s1. The number of carbonyl (C=O) groups is 4. The Balaban J connectivity index is 1.73. The molecule has 0 saturated heterocycles. The first kappa shape index (κ1) is 26.9. The smallest absolute Gasteiger partial charge is 0.274 e. The maximum Gasteiger partial charge on any atom is 0.274 e. The molecule has 8 heteroatoms. The Bertz CT molecular complexity index is 1280. The monoisotopic (exact) mass is 497 g/mol. The minimum atomic E-state index is -0.894. The van der Waals surface area contributed by atoms with Crippen molar-refractivity contribution >= 4 is 29.2 Å². The van der Waals surface area contributed by atoms with E-state index in [4.69, 9.17) is 11.6 Å². The molecular formula is C29H27N3O5. The number of ketones is 1. The summed E-state index contributed by atoms with van der Waals surface area (Å²) in [5.74, 6) is 0.943. The van der Waals surface area contributed by atoms with Gasteiger partial charge in [-0.05, 0) is 36.2 Å². The van der Waals surface area contributed by atoms with Crippen LogP contribution in [0.2, 0.25) is 0 Å². The molecule has 4 N–H and O–H groups in total. The van der Waals surface area contributed by atoms with Gasteiger partial charge in [-0.25, -0.2) is 5.48 Å². The Kier molecular flexibility index (Phi) is 9.71. The SMILES string of the molecule is C#CCCCC(=O)N[C@@H](Cc1ccc(C(=O)c2ccccc2)cc1)C(=O)Nc1ccc(C(=O)NO)cc1. The molecule has 0 aliphatic rings. The van der Waals surface area contributed by atoms with Gasteiger partial charge < -0.3 is 10.6 Å². The Morgan fingerprint density at radius 1 is 0.838 bits per heavy atom. The van der Waals surface area contributed by atoms with E-state index in [1.54, 1.807) is 54.0 Å². The predicted molar refractivity (Wildman–Crippen MR) is 139 cm³/mol. The molecule has 0 spiro atoms. The zero-order valence-corrected chi connectivity index (χ0v) is 20.1. The number of hydroxylamine groups is 1. The van der Waals surface area contributed by atoms with Crippen LogP contribution in [0.3, 0.4) is 0 Å². The van der Waals surface area contributed by atoms with Crippen LogP contribution in [0, 0.1) is 12.3 Å². The van der Waals surface area contributed by atoms with Gasteiger partial charge in [0.1, 0.15) is 6.04 Å². The third-order valence-corrected chi connectivity index (χ3v) is 5.58. The van der Waals surface area contributed by atoms with Crippen LogP contribution in [-0.4, -0.2) is 34.8 Å². The van der Waals surface area contributed by atoms with E-state index in [9.17, 15) is 19.2 Å². The molecule has 0 saturated carbocycles. The van der Waals surface area contributed by atoms with Gasteiger partial charge in [-0.1, -0.05) is 54.6 Å². The van der Waals surface area contributed by atoms with Gasteiger partial charge in [0, 0.05) is 41.6 Å². The van der Waals surface area contributed by atoms with E-state index in [0.717, 1.165) is 5.56 Å². The van der Waals surface area contributed by atoms with Crippen LogP contribution in [0.15, 0.2) is 78.9 Å². The summed E-state index contributed by atoms with van der Waals surface area (Å²) < 4.78 is 0. The van der Waals surface area contributed by atoms with Crippen molar-refractivity contribution in [2.24, 2.45) is 0 Å². The molecule has 3 amide bonds. The summed E-state index contributed by atoms with van der Waals surface area (Å²) in [6.07, 6.45) is 6.58. The van der Waals surface area contributed by atoms with Gasteiger partial charge in [-0.3, -0.25) is 24.4 Å². The lowest BCUT2D eigenvalue weighted by molar-refractivity contribution is -0.126. The summed E-state index contributed by atoms with van der Waals surface area (Å²) in [6.45, 7) is 0. The van der Waals surface area contributed by atoms with Crippen molar-refractivity contribution in [3.8, 4) is 12.3 Å². The van der Waals surface area contributed by atoms with Gasteiger partial charge in [-0.2, -0.15) is 0 Å². The first-order valence-electron chi connectivity index (χ1n) is 11.7. The van der Waals surface area contributed by atoms with Gasteiger partial charge in [0.25, 0.3) is 5.91 Å². The van der Waals surface area contributed by atoms with E-state index < -0.39 is 17.9 Å². The maximum absolute atomic E-state index is 13.1. The van der Waals surface area contributed by atoms with Gasteiger partial charge >= 0.3 is 0 Å². The third kappa shape index (κ3) is 7.88. The molecule has 0 aromatic heterocycles. The molecule has 3 aromatic rings. The fourth-order valence-corrected chi connectivity index (χ4v) is 3.61. The first-order chi connectivity index (χ1) is 17.9. The number of amides is 3. The van der Waals surface area contributed by atoms with E-state index in [0.29, 0.717) is 29.7 Å². The lowest BCUT2D eigenvalue weighted by Crippen LogP contribution is -2.45. The van der Waals surface area contributed by atoms with Crippen molar-refractivity contribution in [2.75, 3.05) is 5.32 Å². The molecule has 0 radical (unpaired) electrons. The van der Waals surface area contributed by atoms with Crippen LogP contribution in [0.4, 0.5) is 5.69 Å². The molecule has 0 unspecified atom stereocenters. The molecule has 8 nitrogen and oxygen atoms in total. The Labute approximate surface area is 215 Å². The summed E-state index contributed by atoms with van der Waals surface area (Å²) in [6, 6.07) is 20.8. The van der Waals surface area contributed by atoms with Crippen LogP contribution in [0.1, 0.15) is 51.1 Å². The number of hydrogen-bond acceptors (Lipinski definition) is 5. The fourth-order valence-electron chi connectivity index (χ4n) is 3.61. The summed E-state index contributed by atoms with van der Waals surface area (Å²) in [5.41, 5.74) is 4.01. The van der Waals surface area contributed by atoms with Crippen LogP contribution in [-0.2, 0) is 16.0 Å². The van der Waals surface area contributed by atoms with Gasteiger partial charge in [0.05, 0.1) is 0 Å². The molecule has 3 aromatic carbocycles. The average Bonchev–Trinajstić information content (AvgIpc) is 2.93. The normalized spacial score (nSPS) is 11.0.